The topological polar surface area (TPSA) is 42.4 Å². The van der Waals surface area contributed by atoms with Crippen molar-refractivity contribution in [1.82, 2.24) is 4.98 Å². The van der Waals surface area contributed by atoms with E-state index in [9.17, 15) is 9.50 Å². The Hall–Kier alpha value is -1.94. The summed E-state index contributed by atoms with van der Waals surface area (Å²) < 4.78 is 18.7. The van der Waals surface area contributed by atoms with Crippen LogP contribution in [0.15, 0.2) is 36.5 Å². The van der Waals surface area contributed by atoms with Crippen molar-refractivity contribution in [3.8, 4) is 5.75 Å². The number of benzene rings is 1. The molecule has 1 heterocycles. The summed E-state index contributed by atoms with van der Waals surface area (Å²) in [6.45, 7) is 1.90. The van der Waals surface area contributed by atoms with Gasteiger partial charge in [0.2, 0.25) is 0 Å². The number of hydrogen-bond donors (Lipinski definition) is 1. The zero-order valence-corrected chi connectivity index (χ0v) is 10.2. The summed E-state index contributed by atoms with van der Waals surface area (Å²) in [6, 6.07) is 7.86. The molecule has 4 heteroatoms. The molecule has 3 nitrogen and oxygen atoms in total. The van der Waals surface area contributed by atoms with Crippen molar-refractivity contribution >= 4 is 0 Å². The highest BCUT2D eigenvalue weighted by atomic mass is 19.1. The van der Waals surface area contributed by atoms with Gasteiger partial charge in [-0.25, -0.2) is 4.39 Å². The molecule has 2 rings (SSSR count). The van der Waals surface area contributed by atoms with Crippen LogP contribution in [0.2, 0.25) is 0 Å². The summed E-state index contributed by atoms with van der Waals surface area (Å²) in [7, 11) is 1.46. The Morgan fingerprint density at radius 1 is 1.28 bits per heavy atom. The van der Waals surface area contributed by atoms with Gasteiger partial charge in [-0.05, 0) is 30.7 Å². The molecule has 0 fully saturated rings. The molecule has 1 atom stereocenters. The van der Waals surface area contributed by atoms with E-state index < -0.39 is 11.9 Å². The van der Waals surface area contributed by atoms with Crippen LogP contribution < -0.4 is 4.74 Å². The van der Waals surface area contributed by atoms with Crippen molar-refractivity contribution in [2.45, 2.75) is 13.0 Å². The van der Waals surface area contributed by atoms with Crippen molar-refractivity contribution in [1.29, 1.82) is 0 Å². The van der Waals surface area contributed by atoms with E-state index >= 15 is 0 Å². The molecule has 0 radical (unpaired) electrons. The SMILES string of the molecule is COc1ccc(C(O)c2ccc(C)cn2)c(F)c1. The Labute approximate surface area is 105 Å². The highest BCUT2D eigenvalue weighted by molar-refractivity contribution is 5.33. The van der Waals surface area contributed by atoms with E-state index in [1.807, 2.05) is 13.0 Å². The predicted molar refractivity (Wildman–Crippen MR) is 66.0 cm³/mol. The van der Waals surface area contributed by atoms with Gasteiger partial charge in [0.15, 0.2) is 0 Å². The van der Waals surface area contributed by atoms with E-state index in [1.165, 1.54) is 19.2 Å². The number of ether oxygens (including phenoxy) is 1. The van der Waals surface area contributed by atoms with E-state index in [-0.39, 0.29) is 5.56 Å². The smallest absolute Gasteiger partial charge is 0.133 e. The third kappa shape index (κ3) is 2.49. The van der Waals surface area contributed by atoms with Crippen LogP contribution in [0.4, 0.5) is 4.39 Å². The first-order valence-corrected chi connectivity index (χ1v) is 5.56. The molecule has 1 unspecified atom stereocenters. The number of halogens is 1. The molecule has 0 aliphatic carbocycles. The van der Waals surface area contributed by atoms with Crippen LogP contribution in [0, 0.1) is 12.7 Å². The maximum absolute atomic E-state index is 13.8. The fourth-order valence-corrected chi connectivity index (χ4v) is 1.66. The van der Waals surface area contributed by atoms with E-state index in [2.05, 4.69) is 4.98 Å². The summed E-state index contributed by atoms with van der Waals surface area (Å²) in [5.41, 5.74) is 1.60. The number of pyridine rings is 1. The Morgan fingerprint density at radius 3 is 2.61 bits per heavy atom. The predicted octanol–water partition coefficient (Wildman–Crippen LogP) is 2.62. The maximum atomic E-state index is 13.8. The highest BCUT2D eigenvalue weighted by Crippen LogP contribution is 2.25. The minimum absolute atomic E-state index is 0.187. The van der Waals surface area contributed by atoms with Gasteiger partial charge >= 0.3 is 0 Å². The molecule has 0 amide bonds. The third-order valence-electron chi connectivity index (χ3n) is 2.72. The van der Waals surface area contributed by atoms with E-state index in [4.69, 9.17) is 4.74 Å². The lowest BCUT2D eigenvalue weighted by Crippen LogP contribution is -2.05. The fraction of sp³-hybridized carbons (Fsp3) is 0.214. The van der Waals surface area contributed by atoms with Gasteiger partial charge in [0.25, 0.3) is 0 Å². The molecule has 0 saturated carbocycles. The van der Waals surface area contributed by atoms with Crippen LogP contribution >= 0.6 is 0 Å². The maximum Gasteiger partial charge on any atom is 0.133 e. The van der Waals surface area contributed by atoms with Gasteiger partial charge < -0.3 is 9.84 Å². The fourth-order valence-electron chi connectivity index (χ4n) is 1.66. The monoisotopic (exact) mass is 247 g/mol. The second-order valence-electron chi connectivity index (χ2n) is 4.05. The molecule has 1 aromatic heterocycles. The average molecular weight is 247 g/mol. The summed E-state index contributed by atoms with van der Waals surface area (Å²) >= 11 is 0. The van der Waals surface area contributed by atoms with Gasteiger partial charge in [-0.1, -0.05) is 6.07 Å². The zero-order valence-electron chi connectivity index (χ0n) is 10.2. The Balaban J connectivity index is 2.33. The lowest BCUT2D eigenvalue weighted by molar-refractivity contribution is 0.210. The van der Waals surface area contributed by atoms with Crippen molar-refractivity contribution in [2.24, 2.45) is 0 Å². The standard InChI is InChI=1S/C14H14FNO2/c1-9-3-6-13(16-8-9)14(17)11-5-4-10(18-2)7-12(11)15/h3-8,14,17H,1-2H3. The van der Waals surface area contributed by atoms with Crippen molar-refractivity contribution in [3.63, 3.8) is 0 Å². The van der Waals surface area contributed by atoms with Crippen molar-refractivity contribution in [2.75, 3.05) is 7.11 Å². The highest BCUT2D eigenvalue weighted by Gasteiger charge is 2.16. The lowest BCUT2D eigenvalue weighted by atomic mass is 10.0. The minimum atomic E-state index is -1.07. The van der Waals surface area contributed by atoms with Crippen LogP contribution in [0.25, 0.3) is 0 Å². The number of aryl methyl sites for hydroxylation is 1. The van der Waals surface area contributed by atoms with Crippen molar-refractivity contribution < 1.29 is 14.2 Å². The number of hydrogen-bond acceptors (Lipinski definition) is 3. The summed E-state index contributed by atoms with van der Waals surface area (Å²) in [4.78, 5) is 4.09. The number of aliphatic hydroxyl groups excluding tert-OH is 1. The summed E-state index contributed by atoms with van der Waals surface area (Å²) in [5.74, 6) is -0.0930. The summed E-state index contributed by atoms with van der Waals surface area (Å²) in [5, 5.41) is 10.1. The number of methoxy groups -OCH3 is 1. The first kappa shape index (κ1) is 12.5. The molecule has 1 N–H and O–H groups in total. The molecule has 94 valence electrons. The van der Waals surface area contributed by atoms with Gasteiger partial charge in [-0.3, -0.25) is 4.98 Å². The largest absolute Gasteiger partial charge is 0.497 e. The molecule has 0 bridgehead atoms. The van der Waals surface area contributed by atoms with Gasteiger partial charge in [-0.15, -0.1) is 0 Å². The molecule has 0 aliphatic rings. The van der Waals surface area contributed by atoms with Crippen LogP contribution in [0.1, 0.15) is 22.9 Å². The number of aliphatic hydroxyl groups is 1. The minimum Gasteiger partial charge on any atom is -0.497 e. The average Bonchev–Trinajstić information content (AvgIpc) is 2.38. The first-order valence-electron chi connectivity index (χ1n) is 5.56. The second-order valence-corrected chi connectivity index (χ2v) is 4.05. The van der Waals surface area contributed by atoms with Gasteiger partial charge in [0.05, 0.1) is 12.8 Å². The van der Waals surface area contributed by atoms with E-state index in [1.54, 1.807) is 18.3 Å². The van der Waals surface area contributed by atoms with Gasteiger partial charge in [-0.2, -0.15) is 0 Å². The van der Waals surface area contributed by atoms with E-state index in [0.717, 1.165) is 5.56 Å². The molecule has 1 aromatic carbocycles. The molecule has 2 aromatic rings. The number of nitrogens with zero attached hydrogens (tertiary/aromatic N) is 1. The van der Waals surface area contributed by atoms with Crippen LogP contribution in [0.5, 0.6) is 5.75 Å². The van der Waals surface area contributed by atoms with Gasteiger partial charge in [0.1, 0.15) is 17.7 Å². The molecular weight excluding hydrogens is 233 g/mol. The molecule has 0 aliphatic heterocycles. The quantitative estimate of drug-likeness (QED) is 0.906. The Bertz CT molecular complexity index is 540. The summed E-state index contributed by atoms with van der Waals surface area (Å²) in [6.07, 6.45) is 0.566. The molecule has 0 saturated heterocycles. The Morgan fingerprint density at radius 2 is 2.06 bits per heavy atom. The van der Waals surface area contributed by atoms with Gasteiger partial charge in [0, 0.05) is 17.8 Å². The molecule has 18 heavy (non-hydrogen) atoms. The number of rotatable bonds is 3. The second kappa shape index (κ2) is 5.14. The van der Waals surface area contributed by atoms with E-state index in [0.29, 0.717) is 11.4 Å². The van der Waals surface area contributed by atoms with Crippen molar-refractivity contribution in [3.05, 3.63) is 59.2 Å². The molecular formula is C14H14FNO2. The zero-order chi connectivity index (χ0) is 13.1. The first-order chi connectivity index (χ1) is 8.61. The van der Waals surface area contributed by atoms with Crippen LogP contribution in [-0.4, -0.2) is 17.2 Å². The number of aromatic nitrogens is 1. The van der Waals surface area contributed by atoms with Crippen LogP contribution in [0.3, 0.4) is 0 Å². The van der Waals surface area contributed by atoms with Crippen LogP contribution in [-0.2, 0) is 0 Å². The Kier molecular flexibility index (Phi) is 3.58. The third-order valence-corrected chi connectivity index (χ3v) is 2.72. The molecule has 0 spiro atoms. The normalized spacial score (nSPS) is 12.2. The lowest BCUT2D eigenvalue weighted by Gasteiger charge is -2.12.